The highest BCUT2D eigenvalue weighted by molar-refractivity contribution is 7.17. The van der Waals surface area contributed by atoms with E-state index in [0.717, 1.165) is 23.1 Å². The number of amides is 2. The van der Waals surface area contributed by atoms with E-state index in [2.05, 4.69) is 24.4 Å². The van der Waals surface area contributed by atoms with Crippen LogP contribution in [0.2, 0.25) is 0 Å². The molecule has 2 unspecified atom stereocenters. The molecule has 0 saturated carbocycles. The molecule has 152 valence electrons. The summed E-state index contributed by atoms with van der Waals surface area (Å²) in [5, 5.41) is 5.14. The molecule has 1 saturated heterocycles. The van der Waals surface area contributed by atoms with E-state index in [1.54, 1.807) is 11.3 Å². The molecule has 1 aromatic carbocycles. The Balaban J connectivity index is 1.37. The molecule has 4 rings (SSSR count). The fourth-order valence-electron chi connectivity index (χ4n) is 4.09. The summed E-state index contributed by atoms with van der Waals surface area (Å²) in [5.74, 6) is 0.194. The number of aromatic nitrogens is 1. The van der Waals surface area contributed by atoms with Gasteiger partial charge in [-0.3, -0.25) is 9.59 Å². The van der Waals surface area contributed by atoms with Gasteiger partial charge in [-0.2, -0.15) is 0 Å². The van der Waals surface area contributed by atoms with Gasteiger partial charge >= 0.3 is 0 Å². The van der Waals surface area contributed by atoms with E-state index in [9.17, 15) is 9.59 Å². The number of piperidine rings is 1. The van der Waals surface area contributed by atoms with Gasteiger partial charge in [0.15, 0.2) is 0 Å². The first-order chi connectivity index (χ1) is 14.0. The van der Waals surface area contributed by atoms with Crippen LogP contribution in [-0.4, -0.2) is 40.9 Å². The van der Waals surface area contributed by atoms with Crippen LogP contribution in [0.5, 0.6) is 0 Å². The van der Waals surface area contributed by atoms with Crippen molar-refractivity contribution in [3.63, 3.8) is 0 Å². The number of carbonyl (C=O) groups is 2. The van der Waals surface area contributed by atoms with Crippen molar-refractivity contribution in [3.8, 4) is 0 Å². The number of benzene rings is 1. The number of hydrogen-bond donors (Lipinski definition) is 1. The van der Waals surface area contributed by atoms with Crippen molar-refractivity contribution in [2.24, 2.45) is 13.0 Å². The molecular weight excluding hydrogens is 382 g/mol. The molecular formula is C23H27N3O2S. The summed E-state index contributed by atoms with van der Waals surface area (Å²) in [6, 6.07) is 14.2. The number of nitrogens with one attached hydrogen (secondary N) is 1. The molecule has 1 fully saturated rings. The van der Waals surface area contributed by atoms with Gasteiger partial charge in [0.1, 0.15) is 5.69 Å². The van der Waals surface area contributed by atoms with Crippen LogP contribution in [0.15, 0.2) is 47.8 Å². The van der Waals surface area contributed by atoms with Gasteiger partial charge in [-0.15, -0.1) is 11.3 Å². The van der Waals surface area contributed by atoms with Gasteiger partial charge in [-0.05, 0) is 41.8 Å². The van der Waals surface area contributed by atoms with Crippen molar-refractivity contribution in [2.75, 3.05) is 19.6 Å². The number of rotatable bonds is 5. The van der Waals surface area contributed by atoms with E-state index in [1.807, 2.05) is 52.2 Å². The second-order valence-electron chi connectivity index (χ2n) is 7.91. The lowest BCUT2D eigenvalue weighted by Gasteiger charge is -2.32. The van der Waals surface area contributed by atoms with Crippen LogP contribution in [0.3, 0.4) is 0 Å². The Morgan fingerprint density at radius 2 is 2.03 bits per heavy atom. The Bertz CT molecular complexity index is 1010. The minimum Gasteiger partial charge on any atom is -0.355 e. The van der Waals surface area contributed by atoms with Crippen LogP contribution < -0.4 is 5.32 Å². The second-order valence-corrected chi connectivity index (χ2v) is 8.85. The highest BCUT2D eigenvalue weighted by Gasteiger charge is 2.30. The molecule has 0 aliphatic carbocycles. The fourth-order valence-corrected chi connectivity index (χ4v) is 4.94. The van der Waals surface area contributed by atoms with Crippen molar-refractivity contribution >= 4 is 33.4 Å². The van der Waals surface area contributed by atoms with E-state index in [-0.39, 0.29) is 23.7 Å². The summed E-state index contributed by atoms with van der Waals surface area (Å²) < 4.78 is 3.08. The SMILES string of the molecule is CC(CNC(=O)C1CCCN(C(=O)c2cc3sccc3n2C)C1)c1ccccc1. The third kappa shape index (κ3) is 4.08. The zero-order valence-corrected chi connectivity index (χ0v) is 17.7. The highest BCUT2D eigenvalue weighted by Crippen LogP contribution is 2.26. The van der Waals surface area contributed by atoms with E-state index in [4.69, 9.17) is 0 Å². The zero-order valence-electron chi connectivity index (χ0n) is 16.9. The average Bonchev–Trinajstić information content (AvgIpc) is 3.35. The first-order valence-electron chi connectivity index (χ1n) is 10.2. The predicted molar refractivity (Wildman–Crippen MR) is 117 cm³/mol. The van der Waals surface area contributed by atoms with Gasteiger partial charge in [-0.25, -0.2) is 0 Å². The number of nitrogens with zero attached hydrogens (tertiary/aromatic N) is 2. The normalized spacial score (nSPS) is 18.0. The van der Waals surface area contributed by atoms with Gasteiger partial charge in [0, 0.05) is 26.7 Å². The van der Waals surface area contributed by atoms with Crippen molar-refractivity contribution in [3.05, 3.63) is 59.1 Å². The molecule has 2 atom stereocenters. The van der Waals surface area contributed by atoms with E-state index >= 15 is 0 Å². The zero-order chi connectivity index (χ0) is 20.4. The molecule has 2 aromatic heterocycles. The minimum absolute atomic E-state index is 0.0195. The molecule has 6 heteroatoms. The lowest BCUT2D eigenvalue weighted by atomic mass is 9.96. The van der Waals surface area contributed by atoms with Gasteiger partial charge in [0.2, 0.25) is 5.91 Å². The maximum absolute atomic E-state index is 13.1. The monoisotopic (exact) mass is 409 g/mol. The summed E-state index contributed by atoms with van der Waals surface area (Å²) in [5.41, 5.74) is 3.00. The van der Waals surface area contributed by atoms with Crippen molar-refractivity contribution < 1.29 is 9.59 Å². The lowest BCUT2D eigenvalue weighted by Crippen LogP contribution is -2.46. The molecule has 1 aliphatic heterocycles. The first-order valence-corrected chi connectivity index (χ1v) is 11.1. The number of fused-ring (bicyclic) bond motifs is 1. The Morgan fingerprint density at radius 1 is 1.24 bits per heavy atom. The summed E-state index contributed by atoms with van der Waals surface area (Å²) in [6.45, 7) is 3.93. The number of aryl methyl sites for hydroxylation is 1. The van der Waals surface area contributed by atoms with Gasteiger partial charge < -0.3 is 14.8 Å². The summed E-state index contributed by atoms with van der Waals surface area (Å²) in [6.07, 6.45) is 1.69. The fraction of sp³-hybridized carbons (Fsp3) is 0.391. The van der Waals surface area contributed by atoms with Crippen LogP contribution >= 0.6 is 11.3 Å². The molecule has 5 nitrogen and oxygen atoms in total. The molecule has 0 spiro atoms. The van der Waals surface area contributed by atoms with Gasteiger partial charge in [0.05, 0.1) is 16.1 Å². The lowest BCUT2D eigenvalue weighted by molar-refractivity contribution is -0.126. The summed E-state index contributed by atoms with van der Waals surface area (Å²) >= 11 is 1.64. The Morgan fingerprint density at radius 3 is 2.79 bits per heavy atom. The smallest absolute Gasteiger partial charge is 0.270 e. The summed E-state index contributed by atoms with van der Waals surface area (Å²) in [4.78, 5) is 27.7. The molecule has 1 aliphatic rings. The van der Waals surface area contributed by atoms with E-state index < -0.39 is 0 Å². The van der Waals surface area contributed by atoms with Crippen molar-refractivity contribution in [1.82, 2.24) is 14.8 Å². The van der Waals surface area contributed by atoms with Crippen LogP contribution in [-0.2, 0) is 11.8 Å². The topological polar surface area (TPSA) is 54.3 Å². The largest absolute Gasteiger partial charge is 0.355 e. The predicted octanol–water partition coefficient (Wildman–Crippen LogP) is 4.01. The van der Waals surface area contributed by atoms with Crippen LogP contribution in [0.4, 0.5) is 0 Å². The molecule has 29 heavy (non-hydrogen) atoms. The van der Waals surface area contributed by atoms with Crippen LogP contribution in [0.1, 0.15) is 41.7 Å². The standard InChI is InChI=1S/C23H27N3O2S/c1-16(17-7-4-3-5-8-17)14-24-22(27)18-9-6-11-26(15-18)23(28)20-13-21-19(25(20)2)10-12-29-21/h3-5,7-8,10,12-13,16,18H,6,9,11,14-15H2,1-2H3,(H,24,27). The van der Waals surface area contributed by atoms with E-state index in [1.165, 1.54) is 5.56 Å². The number of likely N-dealkylation sites (tertiary alicyclic amines) is 1. The van der Waals surface area contributed by atoms with Gasteiger partial charge in [0.25, 0.3) is 5.91 Å². The number of thiophene rings is 1. The molecule has 3 aromatic rings. The third-order valence-electron chi connectivity index (χ3n) is 5.91. The highest BCUT2D eigenvalue weighted by atomic mass is 32.1. The minimum atomic E-state index is -0.142. The van der Waals surface area contributed by atoms with Crippen molar-refractivity contribution in [1.29, 1.82) is 0 Å². The summed E-state index contributed by atoms with van der Waals surface area (Å²) in [7, 11) is 1.93. The number of carbonyl (C=O) groups excluding carboxylic acids is 2. The second kappa shape index (κ2) is 8.41. The van der Waals surface area contributed by atoms with Gasteiger partial charge in [-0.1, -0.05) is 37.3 Å². The average molecular weight is 410 g/mol. The Labute approximate surface area is 175 Å². The third-order valence-corrected chi connectivity index (χ3v) is 6.77. The van der Waals surface area contributed by atoms with Crippen molar-refractivity contribution in [2.45, 2.75) is 25.7 Å². The Hall–Kier alpha value is -2.60. The maximum Gasteiger partial charge on any atom is 0.270 e. The van der Waals surface area contributed by atoms with Crippen LogP contribution in [0, 0.1) is 5.92 Å². The molecule has 1 N–H and O–H groups in total. The number of hydrogen-bond acceptors (Lipinski definition) is 3. The van der Waals surface area contributed by atoms with Crippen LogP contribution in [0.25, 0.3) is 10.2 Å². The molecule has 3 heterocycles. The molecule has 0 radical (unpaired) electrons. The van der Waals surface area contributed by atoms with E-state index in [0.29, 0.717) is 25.3 Å². The first kappa shape index (κ1) is 19.7. The maximum atomic E-state index is 13.1. The quantitative estimate of drug-likeness (QED) is 0.692. The molecule has 0 bridgehead atoms. The Kier molecular flexibility index (Phi) is 5.72. The molecule has 2 amide bonds.